The summed E-state index contributed by atoms with van der Waals surface area (Å²) in [6.45, 7) is 6.14. The highest BCUT2D eigenvalue weighted by molar-refractivity contribution is 5.96. The van der Waals surface area contributed by atoms with Gasteiger partial charge in [-0.3, -0.25) is 19.5 Å². The van der Waals surface area contributed by atoms with Crippen LogP contribution in [0, 0.1) is 0 Å². The van der Waals surface area contributed by atoms with Gasteiger partial charge in [-0.05, 0) is 11.6 Å². The lowest BCUT2D eigenvalue weighted by Gasteiger charge is -2.18. The first kappa shape index (κ1) is 21.1. The van der Waals surface area contributed by atoms with Crippen molar-refractivity contribution in [2.75, 3.05) is 6.54 Å². The Morgan fingerprint density at radius 3 is 2.43 bits per heavy atom. The molecule has 0 unspecified atom stereocenters. The third kappa shape index (κ3) is 6.22. The molecule has 8 heteroatoms. The summed E-state index contributed by atoms with van der Waals surface area (Å²) in [5, 5.41) is 12.3. The number of rotatable bonds is 8. The van der Waals surface area contributed by atoms with Gasteiger partial charge in [-0.25, -0.2) is 0 Å². The van der Waals surface area contributed by atoms with Gasteiger partial charge in [0.2, 0.25) is 11.8 Å². The average molecular weight is 385 g/mol. The Bertz CT molecular complexity index is 824. The summed E-state index contributed by atoms with van der Waals surface area (Å²) in [7, 11) is 0. The molecular formula is C20H27N5O3. The van der Waals surface area contributed by atoms with Crippen molar-refractivity contribution in [1.29, 1.82) is 0 Å². The standard InChI is InChI=1S/C20H27N5O3/c1-20(2,3)16-12-15(24-25-16)19(28)23-14(11-13-7-5-4-6-8-13)18(27)22-10-9-17(21)26/h4-8,12,14H,9-11H2,1-3H3,(H2,21,26)(H,22,27)(H,23,28)(H,24,25)/t14-/m1/s1. The van der Waals surface area contributed by atoms with Crippen molar-refractivity contribution in [3.05, 3.63) is 53.3 Å². The molecule has 0 fully saturated rings. The molecule has 2 aromatic rings. The van der Waals surface area contributed by atoms with Gasteiger partial charge in [0.25, 0.3) is 5.91 Å². The van der Waals surface area contributed by atoms with Gasteiger partial charge in [-0.1, -0.05) is 51.1 Å². The summed E-state index contributed by atoms with van der Waals surface area (Å²) in [5.41, 5.74) is 6.86. The molecule has 0 aliphatic carbocycles. The number of aromatic nitrogens is 2. The number of carbonyl (C=O) groups is 3. The molecule has 5 N–H and O–H groups in total. The molecule has 0 saturated carbocycles. The second-order valence-electron chi connectivity index (χ2n) is 7.64. The van der Waals surface area contributed by atoms with Crippen LogP contribution < -0.4 is 16.4 Å². The lowest BCUT2D eigenvalue weighted by Crippen LogP contribution is -2.48. The summed E-state index contributed by atoms with van der Waals surface area (Å²) in [6, 6.07) is 10.2. The van der Waals surface area contributed by atoms with E-state index in [-0.39, 0.29) is 30.0 Å². The zero-order valence-electron chi connectivity index (χ0n) is 16.4. The van der Waals surface area contributed by atoms with Crippen molar-refractivity contribution in [3.63, 3.8) is 0 Å². The van der Waals surface area contributed by atoms with E-state index in [4.69, 9.17) is 5.73 Å². The van der Waals surface area contributed by atoms with Crippen LogP contribution in [0.15, 0.2) is 36.4 Å². The van der Waals surface area contributed by atoms with E-state index in [1.807, 2.05) is 51.1 Å². The number of benzene rings is 1. The van der Waals surface area contributed by atoms with Gasteiger partial charge in [0.15, 0.2) is 0 Å². The molecular weight excluding hydrogens is 358 g/mol. The van der Waals surface area contributed by atoms with E-state index in [2.05, 4.69) is 20.8 Å². The summed E-state index contributed by atoms with van der Waals surface area (Å²) in [5.74, 6) is -1.34. The smallest absolute Gasteiger partial charge is 0.272 e. The fourth-order valence-corrected chi connectivity index (χ4v) is 2.55. The molecule has 3 amide bonds. The third-order valence-corrected chi connectivity index (χ3v) is 4.19. The molecule has 150 valence electrons. The molecule has 1 aromatic carbocycles. The van der Waals surface area contributed by atoms with Crippen LogP contribution in [0.4, 0.5) is 0 Å². The van der Waals surface area contributed by atoms with Gasteiger partial charge in [0.1, 0.15) is 11.7 Å². The van der Waals surface area contributed by atoms with E-state index >= 15 is 0 Å². The Morgan fingerprint density at radius 2 is 1.86 bits per heavy atom. The number of amides is 3. The quantitative estimate of drug-likeness (QED) is 0.541. The van der Waals surface area contributed by atoms with Crippen LogP contribution in [0.2, 0.25) is 0 Å². The molecule has 8 nitrogen and oxygen atoms in total. The minimum atomic E-state index is -0.808. The Labute approximate surface area is 164 Å². The van der Waals surface area contributed by atoms with E-state index in [1.54, 1.807) is 6.07 Å². The highest BCUT2D eigenvalue weighted by atomic mass is 16.2. The Hall–Kier alpha value is -3.16. The molecule has 0 aliphatic heterocycles. The number of nitrogens with zero attached hydrogens (tertiary/aromatic N) is 1. The molecule has 28 heavy (non-hydrogen) atoms. The molecule has 0 bridgehead atoms. The number of hydrogen-bond donors (Lipinski definition) is 4. The zero-order chi connectivity index (χ0) is 20.7. The maximum Gasteiger partial charge on any atom is 0.272 e. The molecule has 0 spiro atoms. The number of primary amides is 1. The number of carbonyl (C=O) groups excluding carboxylic acids is 3. The zero-order valence-corrected chi connectivity index (χ0v) is 16.4. The van der Waals surface area contributed by atoms with Gasteiger partial charge in [0, 0.05) is 30.5 Å². The normalized spacial score (nSPS) is 12.2. The average Bonchev–Trinajstić information content (AvgIpc) is 3.12. The van der Waals surface area contributed by atoms with E-state index < -0.39 is 17.9 Å². The molecule has 0 radical (unpaired) electrons. The lowest BCUT2D eigenvalue weighted by molar-refractivity contribution is -0.123. The van der Waals surface area contributed by atoms with E-state index in [1.165, 1.54) is 0 Å². The second-order valence-corrected chi connectivity index (χ2v) is 7.64. The van der Waals surface area contributed by atoms with E-state index in [0.29, 0.717) is 6.42 Å². The topological polar surface area (TPSA) is 130 Å². The van der Waals surface area contributed by atoms with Crippen molar-refractivity contribution in [1.82, 2.24) is 20.8 Å². The number of nitrogens with one attached hydrogen (secondary N) is 3. The Kier molecular flexibility index (Phi) is 6.92. The predicted molar refractivity (Wildman–Crippen MR) is 106 cm³/mol. The number of H-pyrrole nitrogens is 1. The Balaban J connectivity index is 2.11. The molecule has 2 rings (SSSR count). The fraction of sp³-hybridized carbons (Fsp3) is 0.400. The van der Waals surface area contributed by atoms with Gasteiger partial charge in [-0.15, -0.1) is 0 Å². The first-order valence-corrected chi connectivity index (χ1v) is 9.13. The van der Waals surface area contributed by atoms with Crippen molar-refractivity contribution in [2.24, 2.45) is 5.73 Å². The van der Waals surface area contributed by atoms with Crippen LogP contribution in [-0.4, -0.2) is 40.5 Å². The van der Waals surface area contributed by atoms with Crippen LogP contribution in [0.3, 0.4) is 0 Å². The van der Waals surface area contributed by atoms with Crippen molar-refractivity contribution in [3.8, 4) is 0 Å². The molecule has 1 aromatic heterocycles. The maximum absolute atomic E-state index is 12.6. The van der Waals surface area contributed by atoms with Crippen molar-refractivity contribution in [2.45, 2.75) is 45.1 Å². The highest BCUT2D eigenvalue weighted by Gasteiger charge is 2.24. The number of aromatic amines is 1. The van der Waals surface area contributed by atoms with Gasteiger partial charge in [-0.2, -0.15) is 5.10 Å². The first-order valence-electron chi connectivity index (χ1n) is 9.13. The molecule has 0 saturated heterocycles. The number of nitrogens with two attached hydrogens (primary N) is 1. The van der Waals surface area contributed by atoms with Crippen LogP contribution in [0.1, 0.15) is 48.9 Å². The summed E-state index contributed by atoms with van der Waals surface area (Å²) >= 11 is 0. The van der Waals surface area contributed by atoms with Crippen molar-refractivity contribution >= 4 is 17.7 Å². The lowest BCUT2D eigenvalue weighted by atomic mass is 9.92. The number of hydrogen-bond acceptors (Lipinski definition) is 4. The maximum atomic E-state index is 12.6. The third-order valence-electron chi connectivity index (χ3n) is 4.19. The SMILES string of the molecule is CC(C)(C)c1cc(C(=O)N[C@H](Cc2ccccc2)C(=O)NCCC(N)=O)n[nH]1. The van der Waals surface area contributed by atoms with Gasteiger partial charge >= 0.3 is 0 Å². The van der Waals surface area contributed by atoms with Gasteiger partial charge in [0.05, 0.1) is 0 Å². The van der Waals surface area contributed by atoms with Crippen LogP contribution in [-0.2, 0) is 21.4 Å². The van der Waals surface area contributed by atoms with Crippen LogP contribution >= 0.6 is 0 Å². The molecule has 1 atom stereocenters. The summed E-state index contributed by atoms with van der Waals surface area (Å²) < 4.78 is 0. The van der Waals surface area contributed by atoms with Crippen LogP contribution in [0.25, 0.3) is 0 Å². The summed E-state index contributed by atoms with van der Waals surface area (Å²) in [4.78, 5) is 36.1. The first-order chi connectivity index (χ1) is 13.2. The van der Waals surface area contributed by atoms with E-state index in [0.717, 1.165) is 11.3 Å². The van der Waals surface area contributed by atoms with Crippen LogP contribution in [0.5, 0.6) is 0 Å². The van der Waals surface area contributed by atoms with Crippen molar-refractivity contribution < 1.29 is 14.4 Å². The van der Waals surface area contributed by atoms with E-state index in [9.17, 15) is 14.4 Å². The Morgan fingerprint density at radius 1 is 1.18 bits per heavy atom. The largest absolute Gasteiger partial charge is 0.370 e. The minimum absolute atomic E-state index is 0.0338. The minimum Gasteiger partial charge on any atom is -0.370 e. The molecule has 1 heterocycles. The highest BCUT2D eigenvalue weighted by Crippen LogP contribution is 2.20. The fourth-order valence-electron chi connectivity index (χ4n) is 2.55. The summed E-state index contributed by atoms with van der Waals surface area (Å²) in [6.07, 6.45) is 0.345. The monoisotopic (exact) mass is 385 g/mol. The molecule has 0 aliphatic rings. The van der Waals surface area contributed by atoms with Gasteiger partial charge < -0.3 is 16.4 Å². The second kappa shape index (κ2) is 9.16. The predicted octanol–water partition coefficient (Wildman–Crippen LogP) is 1.04.